The molecular weight excluding hydrogens is 420 g/mol. The summed E-state index contributed by atoms with van der Waals surface area (Å²) >= 11 is 0. The zero-order chi connectivity index (χ0) is 22.2. The molecule has 0 saturated heterocycles. The van der Waals surface area contributed by atoms with Crippen molar-refractivity contribution in [1.29, 1.82) is 0 Å². The number of carbonyl (C=O) groups excluding carboxylic acids is 2. The molecule has 31 heavy (non-hydrogen) atoms. The number of benzene rings is 1. The lowest BCUT2D eigenvalue weighted by Gasteiger charge is -2.17. The molecule has 7 nitrogen and oxygen atoms in total. The lowest BCUT2D eigenvalue weighted by Crippen LogP contribution is -2.37. The van der Waals surface area contributed by atoms with Gasteiger partial charge < -0.3 is 15.5 Å². The minimum Gasteiger partial charge on any atom is -0.352 e. The summed E-state index contributed by atoms with van der Waals surface area (Å²) in [6, 6.07) is 9.91. The first-order valence-corrected chi connectivity index (χ1v) is 9.04. The molecule has 0 spiro atoms. The Labute approximate surface area is 172 Å². The van der Waals surface area contributed by atoms with Gasteiger partial charge in [0.25, 0.3) is 5.91 Å². The molecule has 0 unspecified atom stereocenters. The normalized spacial score (nSPS) is 13.4. The van der Waals surface area contributed by atoms with Crippen molar-refractivity contribution in [3.8, 4) is 11.3 Å². The second-order valence-corrected chi connectivity index (χ2v) is 6.63. The maximum absolute atomic E-state index is 13.4. The van der Waals surface area contributed by atoms with Gasteiger partial charge in [-0.25, -0.2) is 14.2 Å². The van der Waals surface area contributed by atoms with Crippen LogP contribution in [0.4, 0.5) is 29.1 Å². The Balaban J connectivity index is 1.75. The van der Waals surface area contributed by atoms with Crippen LogP contribution in [0.25, 0.3) is 11.3 Å². The molecule has 3 aromatic rings. The topological polar surface area (TPSA) is 85.2 Å². The highest BCUT2D eigenvalue weighted by atomic mass is 19.4. The SMILES string of the molecule is O=C1NCCc2c1cc(-c1ccnc(Nc3cccc(F)c3)c1)n2OC(=O)C(F)(F)F. The van der Waals surface area contributed by atoms with Gasteiger partial charge in [0.2, 0.25) is 0 Å². The second-order valence-electron chi connectivity index (χ2n) is 6.63. The smallest absolute Gasteiger partial charge is 0.352 e. The van der Waals surface area contributed by atoms with E-state index in [1.807, 2.05) is 0 Å². The van der Waals surface area contributed by atoms with E-state index in [1.165, 1.54) is 42.6 Å². The van der Waals surface area contributed by atoms with Crippen molar-refractivity contribution in [2.24, 2.45) is 0 Å². The number of nitrogens with one attached hydrogen (secondary N) is 2. The van der Waals surface area contributed by atoms with Crippen molar-refractivity contribution in [2.45, 2.75) is 12.6 Å². The van der Waals surface area contributed by atoms with E-state index in [2.05, 4.69) is 20.5 Å². The van der Waals surface area contributed by atoms with Crippen LogP contribution in [-0.4, -0.2) is 34.3 Å². The predicted octanol–water partition coefficient (Wildman–Crippen LogP) is 3.24. The van der Waals surface area contributed by atoms with Crippen LogP contribution in [0.3, 0.4) is 0 Å². The fraction of sp³-hybridized carbons (Fsp3) is 0.150. The molecule has 3 heterocycles. The minimum absolute atomic E-state index is 0.0596. The van der Waals surface area contributed by atoms with Crippen LogP contribution < -0.4 is 15.5 Å². The number of carbonyl (C=O) groups is 2. The van der Waals surface area contributed by atoms with Gasteiger partial charge in [-0.15, -0.1) is 0 Å². The van der Waals surface area contributed by atoms with Crippen LogP contribution in [0.1, 0.15) is 16.1 Å². The van der Waals surface area contributed by atoms with Gasteiger partial charge in [0.1, 0.15) is 11.6 Å². The molecule has 11 heteroatoms. The fourth-order valence-electron chi connectivity index (χ4n) is 3.17. The zero-order valence-corrected chi connectivity index (χ0v) is 15.7. The average Bonchev–Trinajstić information content (AvgIpc) is 3.07. The van der Waals surface area contributed by atoms with Gasteiger partial charge in [0.15, 0.2) is 0 Å². The maximum atomic E-state index is 13.4. The highest BCUT2D eigenvalue weighted by Crippen LogP contribution is 2.30. The number of nitrogens with zero attached hydrogens (tertiary/aromatic N) is 2. The van der Waals surface area contributed by atoms with Crippen LogP contribution in [0.5, 0.6) is 0 Å². The number of anilines is 2. The second kappa shape index (κ2) is 7.74. The predicted molar refractivity (Wildman–Crippen MR) is 101 cm³/mol. The highest BCUT2D eigenvalue weighted by Gasteiger charge is 2.43. The molecular formula is C20H14F4N4O3. The summed E-state index contributed by atoms with van der Waals surface area (Å²) in [6.45, 7) is 0.182. The quantitative estimate of drug-likeness (QED) is 0.616. The minimum atomic E-state index is -5.21. The Morgan fingerprint density at radius 2 is 2.00 bits per heavy atom. The Bertz CT molecular complexity index is 1170. The van der Waals surface area contributed by atoms with Crippen molar-refractivity contribution >= 4 is 23.4 Å². The average molecular weight is 434 g/mol. The van der Waals surface area contributed by atoms with Crippen molar-refractivity contribution < 1.29 is 32.0 Å². The molecule has 1 amide bonds. The molecule has 0 atom stereocenters. The van der Waals surface area contributed by atoms with Crippen molar-refractivity contribution in [3.63, 3.8) is 0 Å². The standard InChI is InChI=1S/C20H14F4N4O3/c21-12-2-1-3-13(9-12)27-17-8-11(4-6-25-17)16-10-14-15(5-7-26-18(14)29)28(16)31-19(30)20(22,23)24/h1-4,6,8-10H,5,7H2,(H,25,27)(H,26,29). The van der Waals surface area contributed by atoms with E-state index >= 15 is 0 Å². The van der Waals surface area contributed by atoms with Gasteiger partial charge in [-0.2, -0.15) is 17.9 Å². The summed E-state index contributed by atoms with van der Waals surface area (Å²) in [5.74, 6) is -3.10. The van der Waals surface area contributed by atoms with E-state index < -0.39 is 23.9 Å². The molecule has 1 aliphatic rings. The Hall–Kier alpha value is -3.89. The number of hydrogen-bond acceptors (Lipinski definition) is 5. The first-order chi connectivity index (χ1) is 14.7. The third-order valence-corrected chi connectivity index (χ3v) is 4.51. The third kappa shape index (κ3) is 4.20. The van der Waals surface area contributed by atoms with Gasteiger partial charge in [-0.05, 0) is 36.4 Å². The largest absolute Gasteiger partial charge is 0.493 e. The number of alkyl halides is 3. The summed E-state index contributed by atoms with van der Waals surface area (Å²) in [7, 11) is 0. The van der Waals surface area contributed by atoms with Crippen molar-refractivity contribution in [2.75, 3.05) is 11.9 Å². The lowest BCUT2D eigenvalue weighted by molar-refractivity contribution is -0.199. The zero-order valence-electron chi connectivity index (χ0n) is 15.7. The van der Waals surface area contributed by atoms with E-state index in [0.717, 1.165) is 4.73 Å². The van der Waals surface area contributed by atoms with E-state index in [4.69, 9.17) is 0 Å². The van der Waals surface area contributed by atoms with E-state index in [9.17, 15) is 27.2 Å². The molecule has 0 aliphatic carbocycles. The van der Waals surface area contributed by atoms with Crippen LogP contribution in [0, 0.1) is 5.82 Å². The number of hydrogen-bond donors (Lipinski definition) is 2. The summed E-state index contributed by atoms with van der Waals surface area (Å²) in [5, 5.41) is 5.47. The Morgan fingerprint density at radius 3 is 2.74 bits per heavy atom. The molecule has 4 rings (SSSR count). The Kier molecular flexibility index (Phi) is 5.09. The van der Waals surface area contributed by atoms with Crippen LogP contribution in [0.15, 0.2) is 48.7 Å². The molecule has 2 N–H and O–H groups in total. The van der Waals surface area contributed by atoms with Crippen molar-refractivity contribution in [3.05, 3.63) is 65.7 Å². The van der Waals surface area contributed by atoms with Crippen LogP contribution >= 0.6 is 0 Å². The molecule has 0 saturated carbocycles. The number of halogens is 4. The molecule has 0 fully saturated rings. The molecule has 0 bridgehead atoms. The van der Waals surface area contributed by atoms with Gasteiger partial charge in [-0.1, -0.05) is 6.07 Å². The highest BCUT2D eigenvalue weighted by molar-refractivity contribution is 5.98. The number of pyridine rings is 1. The molecule has 1 aromatic carbocycles. The molecule has 2 aromatic heterocycles. The van der Waals surface area contributed by atoms with Gasteiger partial charge in [0.05, 0.1) is 17.0 Å². The Morgan fingerprint density at radius 1 is 1.19 bits per heavy atom. The first kappa shape index (κ1) is 20.4. The maximum Gasteiger partial charge on any atom is 0.493 e. The summed E-state index contributed by atoms with van der Waals surface area (Å²) in [4.78, 5) is 32.4. The van der Waals surface area contributed by atoms with Crippen molar-refractivity contribution in [1.82, 2.24) is 15.0 Å². The number of fused-ring (bicyclic) bond motifs is 1. The van der Waals surface area contributed by atoms with Gasteiger partial charge in [0, 0.05) is 30.4 Å². The van der Waals surface area contributed by atoms with E-state index in [1.54, 1.807) is 6.07 Å². The van der Waals surface area contributed by atoms with E-state index in [0.29, 0.717) is 11.3 Å². The van der Waals surface area contributed by atoms with Gasteiger partial charge in [-0.3, -0.25) is 4.79 Å². The number of rotatable bonds is 4. The molecule has 160 valence electrons. The molecule has 0 radical (unpaired) electrons. The lowest BCUT2D eigenvalue weighted by atomic mass is 10.1. The number of aromatic nitrogens is 2. The van der Waals surface area contributed by atoms with E-state index in [-0.39, 0.29) is 35.7 Å². The summed E-state index contributed by atoms with van der Waals surface area (Å²) in [5.41, 5.74) is 1.04. The summed E-state index contributed by atoms with van der Waals surface area (Å²) in [6.07, 6.45) is -3.67. The monoisotopic (exact) mass is 434 g/mol. The van der Waals surface area contributed by atoms with Crippen LogP contribution in [0.2, 0.25) is 0 Å². The first-order valence-electron chi connectivity index (χ1n) is 9.04. The van der Waals surface area contributed by atoms with Gasteiger partial charge >= 0.3 is 12.1 Å². The fourth-order valence-corrected chi connectivity index (χ4v) is 3.17. The van der Waals surface area contributed by atoms with Crippen LogP contribution in [-0.2, 0) is 11.2 Å². The summed E-state index contributed by atoms with van der Waals surface area (Å²) < 4.78 is 52.6. The molecule has 1 aliphatic heterocycles. The third-order valence-electron chi connectivity index (χ3n) is 4.51. The number of amides is 1.